The molecule has 146 valence electrons. The monoisotopic (exact) mass is 381 g/mol. The molecule has 6 nitrogen and oxygen atoms in total. The smallest absolute Gasteiger partial charge is 0.338 e. The maximum absolute atomic E-state index is 12.7. The summed E-state index contributed by atoms with van der Waals surface area (Å²) in [6, 6.07) is 13.8. The lowest BCUT2D eigenvalue weighted by atomic mass is 10.0. The Labute approximate surface area is 164 Å². The predicted octanol–water partition coefficient (Wildman–Crippen LogP) is 3.45. The molecule has 0 unspecified atom stereocenters. The molecule has 28 heavy (non-hydrogen) atoms. The molecular weight excluding hydrogens is 358 g/mol. The highest BCUT2D eigenvalue weighted by Gasteiger charge is 2.43. The number of rotatable bonds is 7. The highest BCUT2D eigenvalue weighted by molar-refractivity contribution is 6.21. The third kappa shape index (κ3) is 3.82. The Morgan fingerprint density at radius 2 is 1.64 bits per heavy atom. The molecule has 2 aromatic rings. The van der Waals surface area contributed by atoms with Crippen LogP contribution in [-0.2, 0) is 16.1 Å². The normalized spacial score (nSPS) is 13.6. The van der Waals surface area contributed by atoms with E-state index in [9.17, 15) is 14.4 Å². The molecule has 0 N–H and O–H groups in total. The van der Waals surface area contributed by atoms with Crippen molar-refractivity contribution in [2.75, 3.05) is 13.2 Å². The molecule has 0 radical (unpaired) electrons. The van der Waals surface area contributed by atoms with Gasteiger partial charge in [0.1, 0.15) is 0 Å². The van der Waals surface area contributed by atoms with Gasteiger partial charge in [0.05, 0.1) is 42.0 Å². The van der Waals surface area contributed by atoms with Crippen molar-refractivity contribution in [1.29, 1.82) is 0 Å². The Balaban J connectivity index is 1.65. The molecule has 6 heteroatoms. The summed E-state index contributed by atoms with van der Waals surface area (Å²) in [5.41, 5.74) is 1.29. The van der Waals surface area contributed by atoms with Crippen LogP contribution < -0.4 is 0 Å². The van der Waals surface area contributed by atoms with Crippen LogP contribution in [0.1, 0.15) is 57.4 Å². The van der Waals surface area contributed by atoms with Gasteiger partial charge < -0.3 is 9.47 Å². The number of carbonyl (C=O) groups excluding carboxylic acids is 3. The summed E-state index contributed by atoms with van der Waals surface area (Å²) in [4.78, 5) is 38.4. The topological polar surface area (TPSA) is 72.9 Å². The van der Waals surface area contributed by atoms with Crippen LogP contribution in [0.4, 0.5) is 0 Å². The van der Waals surface area contributed by atoms with Gasteiger partial charge in [-0.1, -0.05) is 24.3 Å². The highest BCUT2D eigenvalue weighted by atomic mass is 16.5. The lowest BCUT2D eigenvalue weighted by Gasteiger charge is -2.33. The van der Waals surface area contributed by atoms with E-state index >= 15 is 0 Å². The first-order valence-electron chi connectivity index (χ1n) is 9.17. The first-order valence-corrected chi connectivity index (χ1v) is 9.17. The Bertz CT molecular complexity index is 884. The van der Waals surface area contributed by atoms with E-state index in [1.165, 1.54) is 4.90 Å². The van der Waals surface area contributed by atoms with Gasteiger partial charge in [0.25, 0.3) is 11.8 Å². The molecule has 1 aliphatic rings. The van der Waals surface area contributed by atoms with E-state index in [0.29, 0.717) is 23.3 Å². The largest absolute Gasteiger partial charge is 0.462 e. The molecule has 0 aromatic heterocycles. The van der Waals surface area contributed by atoms with E-state index in [4.69, 9.17) is 9.47 Å². The number of hydrogen-bond acceptors (Lipinski definition) is 5. The minimum atomic E-state index is -0.814. The average Bonchev–Trinajstić information content (AvgIpc) is 2.94. The summed E-state index contributed by atoms with van der Waals surface area (Å²) in [6.07, 6.45) is 0. The Morgan fingerprint density at radius 1 is 1.00 bits per heavy atom. The van der Waals surface area contributed by atoms with E-state index in [0.717, 1.165) is 5.56 Å². The maximum atomic E-state index is 12.7. The molecule has 3 rings (SSSR count). The van der Waals surface area contributed by atoms with Crippen molar-refractivity contribution < 1.29 is 23.9 Å². The predicted molar refractivity (Wildman–Crippen MR) is 103 cm³/mol. The van der Waals surface area contributed by atoms with Gasteiger partial charge >= 0.3 is 5.97 Å². The number of imide groups is 1. The Morgan fingerprint density at radius 3 is 2.25 bits per heavy atom. The van der Waals surface area contributed by atoms with Crippen molar-refractivity contribution in [3.63, 3.8) is 0 Å². The van der Waals surface area contributed by atoms with Crippen LogP contribution in [0.15, 0.2) is 48.5 Å². The SMILES string of the molecule is CCOC(=O)c1cccc(COCC(C)(C)N2C(=O)c3ccccc3C2=O)c1. The van der Waals surface area contributed by atoms with Gasteiger partial charge in [-0.05, 0) is 50.6 Å². The fourth-order valence-corrected chi connectivity index (χ4v) is 3.22. The first-order chi connectivity index (χ1) is 13.3. The van der Waals surface area contributed by atoms with Crippen LogP contribution in [0, 0.1) is 0 Å². The summed E-state index contributed by atoms with van der Waals surface area (Å²) < 4.78 is 10.8. The lowest BCUT2D eigenvalue weighted by molar-refractivity contribution is 0.0117. The summed E-state index contributed by atoms with van der Waals surface area (Å²) in [7, 11) is 0. The number of hydrogen-bond donors (Lipinski definition) is 0. The number of esters is 1. The molecule has 0 bridgehead atoms. The molecule has 0 saturated carbocycles. The van der Waals surface area contributed by atoms with E-state index in [1.54, 1.807) is 63.2 Å². The number of fused-ring (bicyclic) bond motifs is 1. The molecule has 1 heterocycles. The van der Waals surface area contributed by atoms with E-state index < -0.39 is 5.54 Å². The molecule has 0 atom stereocenters. The van der Waals surface area contributed by atoms with Crippen molar-refractivity contribution in [3.8, 4) is 0 Å². The number of ether oxygens (including phenoxy) is 2. The highest BCUT2D eigenvalue weighted by Crippen LogP contribution is 2.29. The van der Waals surface area contributed by atoms with Crippen LogP contribution in [0.2, 0.25) is 0 Å². The van der Waals surface area contributed by atoms with Crippen LogP contribution in [-0.4, -0.2) is 41.4 Å². The van der Waals surface area contributed by atoms with Crippen LogP contribution in [0.5, 0.6) is 0 Å². The average molecular weight is 381 g/mol. The van der Waals surface area contributed by atoms with Crippen LogP contribution in [0.3, 0.4) is 0 Å². The summed E-state index contributed by atoms with van der Waals surface area (Å²) >= 11 is 0. The first kappa shape index (κ1) is 19.8. The molecule has 0 spiro atoms. The summed E-state index contributed by atoms with van der Waals surface area (Å²) in [5.74, 6) is -0.993. The van der Waals surface area contributed by atoms with Gasteiger partial charge in [-0.15, -0.1) is 0 Å². The van der Waals surface area contributed by atoms with Crippen molar-refractivity contribution in [2.24, 2.45) is 0 Å². The third-order valence-electron chi connectivity index (χ3n) is 4.56. The number of carbonyl (C=O) groups is 3. The third-order valence-corrected chi connectivity index (χ3v) is 4.56. The van der Waals surface area contributed by atoms with Crippen molar-refractivity contribution in [1.82, 2.24) is 4.90 Å². The zero-order chi connectivity index (χ0) is 20.3. The van der Waals surface area contributed by atoms with Gasteiger partial charge in [-0.25, -0.2) is 4.79 Å². The van der Waals surface area contributed by atoms with Gasteiger partial charge in [0, 0.05) is 0 Å². The fraction of sp³-hybridized carbons (Fsp3) is 0.318. The van der Waals surface area contributed by atoms with Crippen molar-refractivity contribution >= 4 is 17.8 Å². The standard InChI is InChI=1S/C22H23NO5/c1-4-28-21(26)16-9-7-8-15(12-16)13-27-14-22(2,3)23-19(24)17-10-5-6-11-18(17)20(23)25/h5-12H,4,13-14H2,1-3H3. The van der Waals surface area contributed by atoms with Crippen molar-refractivity contribution in [3.05, 3.63) is 70.8 Å². The minimum absolute atomic E-state index is 0.169. The van der Waals surface area contributed by atoms with E-state index in [2.05, 4.69) is 0 Å². The zero-order valence-corrected chi connectivity index (χ0v) is 16.2. The van der Waals surface area contributed by atoms with Crippen molar-refractivity contribution in [2.45, 2.75) is 32.9 Å². The van der Waals surface area contributed by atoms with Crippen LogP contribution >= 0.6 is 0 Å². The summed E-state index contributed by atoms with van der Waals surface area (Å²) in [6.45, 7) is 6.08. The molecule has 2 aromatic carbocycles. The van der Waals surface area contributed by atoms with E-state index in [1.807, 2.05) is 6.07 Å². The molecule has 0 aliphatic carbocycles. The zero-order valence-electron chi connectivity index (χ0n) is 16.2. The minimum Gasteiger partial charge on any atom is -0.462 e. The van der Waals surface area contributed by atoms with Gasteiger partial charge in [0.2, 0.25) is 0 Å². The second-order valence-electron chi connectivity index (χ2n) is 7.22. The van der Waals surface area contributed by atoms with Gasteiger partial charge in [-0.3, -0.25) is 14.5 Å². The number of amides is 2. The number of nitrogens with zero attached hydrogens (tertiary/aromatic N) is 1. The van der Waals surface area contributed by atoms with Crippen LogP contribution in [0.25, 0.3) is 0 Å². The fourth-order valence-electron chi connectivity index (χ4n) is 3.22. The molecule has 1 aliphatic heterocycles. The summed E-state index contributed by atoms with van der Waals surface area (Å²) in [5, 5.41) is 0. The Kier molecular flexibility index (Phi) is 5.61. The molecule has 2 amide bonds. The van der Waals surface area contributed by atoms with Gasteiger partial charge in [0.15, 0.2) is 0 Å². The second-order valence-corrected chi connectivity index (χ2v) is 7.22. The van der Waals surface area contributed by atoms with Gasteiger partial charge in [-0.2, -0.15) is 0 Å². The molecular formula is C22H23NO5. The Hall–Kier alpha value is -2.99. The quantitative estimate of drug-likeness (QED) is 0.542. The molecule has 0 saturated heterocycles. The van der Waals surface area contributed by atoms with E-state index in [-0.39, 0.29) is 31.0 Å². The lowest BCUT2D eigenvalue weighted by Crippen LogP contribution is -2.50. The maximum Gasteiger partial charge on any atom is 0.338 e. The molecule has 0 fully saturated rings. The second kappa shape index (κ2) is 7.94. The number of benzene rings is 2.